The molecule has 2 aliphatic rings. The molecule has 2 fully saturated rings. The van der Waals surface area contributed by atoms with E-state index in [1.165, 1.54) is 37.7 Å². The summed E-state index contributed by atoms with van der Waals surface area (Å²) in [6, 6.07) is 12.5. The van der Waals surface area contributed by atoms with Gasteiger partial charge in [-0.2, -0.15) is 0 Å². The van der Waals surface area contributed by atoms with Crippen molar-refractivity contribution in [1.29, 1.82) is 0 Å². The molecule has 0 amide bonds. The van der Waals surface area contributed by atoms with Crippen molar-refractivity contribution >= 4 is 36.9 Å². The van der Waals surface area contributed by atoms with E-state index in [9.17, 15) is 4.79 Å². The summed E-state index contributed by atoms with van der Waals surface area (Å²) in [6.07, 6.45) is 9.76. The first kappa shape index (κ1) is 26.0. The normalized spacial score (nSPS) is 26.4. The number of rotatable bonds is 9. The molecule has 29 heavy (non-hydrogen) atoms. The summed E-state index contributed by atoms with van der Waals surface area (Å²) in [6.45, 7) is 2.93. The average Bonchev–Trinajstić information content (AvgIpc) is 3.44. The molecule has 2 atom stereocenters. The lowest BCUT2D eigenvalue weighted by Gasteiger charge is -2.35. The van der Waals surface area contributed by atoms with Crippen LogP contribution in [-0.2, 0) is 4.79 Å². The van der Waals surface area contributed by atoms with Gasteiger partial charge < -0.3 is 15.3 Å². The summed E-state index contributed by atoms with van der Waals surface area (Å²) in [5.74, 6) is -0.00145. The number of carboxylic acids is 1. The van der Waals surface area contributed by atoms with Gasteiger partial charge >= 0.3 is 5.97 Å². The second-order valence-electron chi connectivity index (χ2n) is 8.23. The van der Waals surface area contributed by atoms with Gasteiger partial charge in [-0.05, 0) is 57.1 Å². The molecule has 0 unspecified atom stereocenters. The Hall–Kier alpha value is -1.07. The van der Waals surface area contributed by atoms with Crippen molar-refractivity contribution in [2.24, 2.45) is 5.92 Å². The maximum absolute atomic E-state index is 10.8. The summed E-state index contributed by atoms with van der Waals surface area (Å²) < 4.78 is 0. The molecule has 4 nitrogen and oxygen atoms in total. The van der Waals surface area contributed by atoms with E-state index in [4.69, 9.17) is 5.11 Å². The van der Waals surface area contributed by atoms with Crippen LogP contribution < -0.4 is 5.32 Å². The van der Waals surface area contributed by atoms with Crippen LogP contribution >= 0.6 is 24.8 Å². The Morgan fingerprint density at radius 3 is 2.41 bits per heavy atom. The zero-order chi connectivity index (χ0) is 19.2. The molecule has 0 aromatic heterocycles. The molecular weight excluding hydrogens is 407 g/mol. The molecule has 3 rings (SSSR count). The van der Waals surface area contributed by atoms with E-state index in [1.807, 2.05) is 0 Å². The Morgan fingerprint density at radius 1 is 1.17 bits per heavy atom. The highest BCUT2D eigenvalue weighted by Gasteiger charge is 2.40. The van der Waals surface area contributed by atoms with E-state index >= 15 is 0 Å². The predicted octanol–water partition coefficient (Wildman–Crippen LogP) is 5.02. The van der Waals surface area contributed by atoms with Crippen molar-refractivity contribution in [3.8, 4) is 0 Å². The molecular formula is C23H36Cl2N2O2. The molecule has 1 aromatic rings. The molecule has 0 aliphatic heterocycles. The van der Waals surface area contributed by atoms with Crippen molar-refractivity contribution < 1.29 is 9.90 Å². The predicted molar refractivity (Wildman–Crippen MR) is 125 cm³/mol. The number of carboxylic acid groups (broad SMARTS) is 1. The second-order valence-corrected chi connectivity index (χ2v) is 8.23. The van der Waals surface area contributed by atoms with Crippen LogP contribution in [0.25, 0.3) is 6.08 Å². The number of nitrogens with zero attached hydrogens (tertiary/aromatic N) is 1. The Balaban J connectivity index is 0.00000210. The lowest BCUT2D eigenvalue weighted by atomic mass is 9.90. The van der Waals surface area contributed by atoms with Crippen molar-refractivity contribution in [2.45, 2.75) is 70.0 Å². The molecule has 2 saturated carbocycles. The first-order valence-corrected chi connectivity index (χ1v) is 10.5. The SMILES string of the molecule is CC/C(=C\c1ccccc1)[C@@H]1C[C@H]1N[C@H]1CC[C@@H](N(C)CCC(=O)O)CC1.Cl.Cl. The molecule has 2 N–H and O–H groups in total. The third-order valence-corrected chi connectivity index (χ3v) is 6.27. The fraction of sp³-hybridized carbons (Fsp3) is 0.609. The number of nitrogens with one attached hydrogen (secondary N) is 1. The molecule has 0 heterocycles. The van der Waals surface area contributed by atoms with E-state index in [0.29, 0.717) is 30.6 Å². The minimum atomic E-state index is -0.702. The molecule has 0 bridgehead atoms. The first-order chi connectivity index (χ1) is 13.1. The highest BCUT2D eigenvalue weighted by Crippen LogP contribution is 2.40. The number of aliphatic carboxylic acids is 1. The van der Waals surface area contributed by atoms with Gasteiger partial charge in [-0.1, -0.05) is 48.9 Å². The van der Waals surface area contributed by atoms with E-state index in [0.717, 1.165) is 6.42 Å². The minimum absolute atomic E-state index is 0. The van der Waals surface area contributed by atoms with Crippen molar-refractivity contribution in [2.75, 3.05) is 13.6 Å². The molecule has 6 heteroatoms. The highest BCUT2D eigenvalue weighted by atomic mass is 35.5. The Labute approximate surface area is 188 Å². The van der Waals surface area contributed by atoms with Crippen molar-refractivity contribution in [3.05, 3.63) is 41.5 Å². The Kier molecular flexibility index (Phi) is 11.3. The monoisotopic (exact) mass is 442 g/mol. The lowest BCUT2D eigenvalue weighted by Crippen LogP contribution is -2.42. The zero-order valence-electron chi connectivity index (χ0n) is 17.5. The highest BCUT2D eigenvalue weighted by molar-refractivity contribution is 5.85. The van der Waals surface area contributed by atoms with Gasteiger partial charge in [0.25, 0.3) is 0 Å². The number of benzene rings is 1. The summed E-state index contributed by atoms with van der Waals surface area (Å²) in [4.78, 5) is 13.0. The van der Waals surface area contributed by atoms with Gasteiger partial charge in [0, 0.05) is 24.7 Å². The van der Waals surface area contributed by atoms with Gasteiger partial charge in [0.1, 0.15) is 0 Å². The molecule has 0 radical (unpaired) electrons. The average molecular weight is 443 g/mol. The molecule has 0 saturated heterocycles. The van der Waals surface area contributed by atoms with Gasteiger partial charge in [0.05, 0.1) is 6.42 Å². The van der Waals surface area contributed by atoms with E-state index in [2.05, 4.69) is 60.6 Å². The lowest BCUT2D eigenvalue weighted by molar-refractivity contribution is -0.137. The van der Waals surface area contributed by atoms with Crippen LogP contribution in [-0.4, -0.2) is 47.7 Å². The zero-order valence-corrected chi connectivity index (χ0v) is 19.2. The van der Waals surface area contributed by atoms with Crippen molar-refractivity contribution in [1.82, 2.24) is 10.2 Å². The van der Waals surface area contributed by atoms with Gasteiger partial charge in [-0.15, -0.1) is 24.8 Å². The van der Waals surface area contributed by atoms with Gasteiger partial charge in [-0.3, -0.25) is 4.79 Å². The fourth-order valence-corrected chi connectivity index (χ4v) is 4.46. The third-order valence-electron chi connectivity index (χ3n) is 6.27. The first-order valence-electron chi connectivity index (χ1n) is 10.5. The van der Waals surface area contributed by atoms with Crippen LogP contribution in [0.15, 0.2) is 35.9 Å². The number of hydrogen-bond donors (Lipinski definition) is 2. The molecule has 164 valence electrons. The molecule has 1 aromatic carbocycles. The van der Waals surface area contributed by atoms with E-state index in [1.54, 1.807) is 5.57 Å². The van der Waals surface area contributed by atoms with Crippen LogP contribution in [0.3, 0.4) is 0 Å². The smallest absolute Gasteiger partial charge is 0.304 e. The van der Waals surface area contributed by atoms with Crippen LogP contribution in [0.4, 0.5) is 0 Å². The minimum Gasteiger partial charge on any atom is -0.481 e. The summed E-state index contributed by atoms with van der Waals surface area (Å²) in [5, 5.41) is 12.8. The molecule has 2 aliphatic carbocycles. The van der Waals surface area contributed by atoms with Gasteiger partial charge in [-0.25, -0.2) is 0 Å². The summed E-state index contributed by atoms with van der Waals surface area (Å²) >= 11 is 0. The maximum atomic E-state index is 10.8. The largest absolute Gasteiger partial charge is 0.481 e. The summed E-state index contributed by atoms with van der Waals surface area (Å²) in [5.41, 5.74) is 2.88. The number of carbonyl (C=O) groups is 1. The maximum Gasteiger partial charge on any atom is 0.304 e. The van der Waals surface area contributed by atoms with Crippen LogP contribution in [0.2, 0.25) is 0 Å². The van der Waals surface area contributed by atoms with Crippen LogP contribution in [0, 0.1) is 5.92 Å². The Morgan fingerprint density at radius 2 is 1.83 bits per heavy atom. The quantitative estimate of drug-likeness (QED) is 0.563. The fourth-order valence-electron chi connectivity index (χ4n) is 4.46. The third kappa shape index (κ3) is 7.93. The summed E-state index contributed by atoms with van der Waals surface area (Å²) in [7, 11) is 2.07. The standard InChI is InChI=1S/C23H34N2O2.2ClH/c1-3-18(15-17-7-5-4-6-8-17)21-16-22(21)24-19-9-11-20(12-10-19)25(2)14-13-23(26)27;;/h4-8,15,19-22,24H,3,9-14,16H2,1-2H3,(H,26,27);2*1H/b18-15+;;/t19-,20+,21-,22+;;/m0../s1. The second kappa shape index (κ2) is 12.6. The number of hydrogen-bond acceptors (Lipinski definition) is 3. The van der Waals surface area contributed by atoms with Crippen molar-refractivity contribution in [3.63, 3.8) is 0 Å². The van der Waals surface area contributed by atoms with Gasteiger partial charge in [0.15, 0.2) is 0 Å². The van der Waals surface area contributed by atoms with E-state index < -0.39 is 5.97 Å². The topological polar surface area (TPSA) is 52.6 Å². The van der Waals surface area contributed by atoms with Crippen LogP contribution in [0.5, 0.6) is 0 Å². The Bertz CT molecular complexity index is 646. The molecule has 0 spiro atoms. The van der Waals surface area contributed by atoms with E-state index in [-0.39, 0.29) is 31.2 Å². The van der Waals surface area contributed by atoms with Crippen LogP contribution in [0.1, 0.15) is 57.4 Å². The number of halogens is 2. The van der Waals surface area contributed by atoms with Gasteiger partial charge in [0.2, 0.25) is 0 Å².